The van der Waals surface area contributed by atoms with E-state index in [1.807, 2.05) is 7.11 Å². The van der Waals surface area contributed by atoms with Gasteiger partial charge in [-0.3, -0.25) is 0 Å². The maximum atomic E-state index is 5.25. The molecule has 3 heteroatoms. The van der Waals surface area contributed by atoms with Gasteiger partial charge in [0.15, 0.2) is 0 Å². The van der Waals surface area contributed by atoms with E-state index in [0.717, 1.165) is 18.6 Å². The fourth-order valence-electron chi connectivity index (χ4n) is 3.02. The molecule has 1 saturated heterocycles. The van der Waals surface area contributed by atoms with Crippen molar-refractivity contribution in [2.75, 3.05) is 39.9 Å². The quantitative estimate of drug-likeness (QED) is 0.617. The first-order valence-electron chi connectivity index (χ1n) is 8.33. The van der Waals surface area contributed by atoms with Crippen LogP contribution in [0.15, 0.2) is 0 Å². The lowest BCUT2D eigenvalue weighted by Gasteiger charge is -2.31. The second kappa shape index (κ2) is 8.93. The minimum atomic E-state index is 0.815. The van der Waals surface area contributed by atoms with Crippen molar-refractivity contribution in [2.45, 2.75) is 57.4 Å². The molecule has 0 bridgehead atoms. The molecule has 1 aliphatic heterocycles. The maximum Gasteiger partial charge on any atom is 0.0491 e. The lowest BCUT2D eigenvalue weighted by atomic mass is 9.97. The van der Waals surface area contributed by atoms with E-state index < -0.39 is 0 Å². The van der Waals surface area contributed by atoms with Crippen LogP contribution < -0.4 is 5.32 Å². The molecule has 0 unspecified atom stereocenters. The molecule has 1 N–H and O–H groups in total. The van der Waals surface area contributed by atoms with Crippen LogP contribution >= 0.6 is 0 Å². The zero-order valence-corrected chi connectivity index (χ0v) is 12.7. The predicted octanol–water partition coefficient (Wildman–Crippen LogP) is 2.66. The summed E-state index contributed by atoms with van der Waals surface area (Å²) in [7, 11) is 1.82. The Hall–Kier alpha value is -0.120. The van der Waals surface area contributed by atoms with Gasteiger partial charge in [0, 0.05) is 19.8 Å². The highest BCUT2D eigenvalue weighted by atomic mass is 16.5. The number of nitrogens with zero attached hydrogens (tertiary/aromatic N) is 1. The van der Waals surface area contributed by atoms with Crippen molar-refractivity contribution < 1.29 is 4.74 Å². The first kappa shape index (κ1) is 15.3. The van der Waals surface area contributed by atoms with Crippen molar-refractivity contribution in [1.29, 1.82) is 0 Å². The van der Waals surface area contributed by atoms with Gasteiger partial charge < -0.3 is 15.0 Å². The number of ether oxygens (including phenoxy) is 1. The van der Waals surface area contributed by atoms with Crippen LogP contribution in [0, 0.1) is 5.92 Å². The van der Waals surface area contributed by atoms with Crippen molar-refractivity contribution in [1.82, 2.24) is 10.2 Å². The molecule has 3 nitrogen and oxygen atoms in total. The van der Waals surface area contributed by atoms with Crippen LogP contribution in [0.3, 0.4) is 0 Å². The third-order valence-corrected chi connectivity index (χ3v) is 4.52. The summed E-state index contributed by atoms with van der Waals surface area (Å²) < 4.78 is 5.25. The van der Waals surface area contributed by atoms with E-state index in [2.05, 4.69) is 10.2 Å². The second-order valence-electron chi connectivity index (χ2n) is 6.38. The Balaban J connectivity index is 1.37. The molecular formula is C16H32N2O. The Labute approximate surface area is 119 Å². The third kappa shape index (κ3) is 6.73. The minimum Gasteiger partial charge on any atom is -0.384 e. The molecular weight excluding hydrogens is 236 g/mol. The van der Waals surface area contributed by atoms with E-state index in [9.17, 15) is 0 Å². The number of piperidine rings is 1. The van der Waals surface area contributed by atoms with Gasteiger partial charge >= 0.3 is 0 Å². The first-order chi connectivity index (χ1) is 9.38. The molecule has 0 aromatic rings. The highest BCUT2D eigenvalue weighted by molar-refractivity contribution is 4.80. The Morgan fingerprint density at radius 1 is 1.00 bits per heavy atom. The molecule has 1 aliphatic carbocycles. The normalized spacial score (nSPS) is 21.9. The van der Waals surface area contributed by atoms with Crippen molar-refractivity contribution in [3.05, 3.63) is 0 Å². The average molecular weight is 268 g/mol. The van der Waals surface area contributed by atoms with Crippen LogP contribution in [-0.2, 0) is 4.74 Å². The highest BCUT2D eigenvalue weighted by Gasteiger charge is 2.19. The molecule has 0 radical (unpaired) electrons. The Bertz CT molecular complexity index is 223. The summed E-state index contributed by atoms with van der Waals surface area (Å²) in [5.74, 6) is 0.815. The van der Waals surface area contributed by atoms with Gasteiger partial charge in [-0.1, -0.05) is 12.8 Å². The Morgan fingerprint density at radius 2 is 1.74 bits per heavy atom. The predicted molar refractivity (Wildman–Crippen MR) is 80.5 cm³/mol. The van der Waals surface area contributed by atoms with Crippen molar-refractivity contribution in [3.63, 3.8) is 0 Å². The summed E-state index contributed by atoms with van der Waals surface area (Å²) in [4.78, 5) is 2.65. The van der Waals surface area contributed by atoms with Gasteiger partial charge in [0.05, 0.1) is 0 Å². The lowest BCUT2D eigenvalue weighted by Crippen LogP contribution is -2.35. The summed E-state index contributed by atoms with van der Waals surface area (Å²) >= 11 is 0. The molecule has 2 aliphatic rings. The molecule has 0 aromatic carbocycles. The molecule has 19 heavy (non-hydrogen) atoms. The number of hydrogen-bond donors (Lipinski definition) is 1. The summed E-state index contributed by atoms with van der Waals surface area (Å²) in [5.41, 5.74) is 0. The van der Waals surface area contributed by atoms with Crippen LogP contribution in [0.4, 0.5) is 0 Å². The van der Waals surface area contributed by atoms with Gasteiger partial charge in [-0.15, -0.1) is 0 Å². The maximum absolute atomic E-state index is 5.25. The minimum absolute atomic E-state index is 0.815. The summed E-state index contributed by atoms with van der Waals surface area (Å²) in [6.07, 6.45) is 11.1. The van der Waals surface area contributed by atoms with Crippen LogP contribution in [0.1, 0.15) is 51.4 Å². The van der Waals surface area contributed by atoms with Crippen molar-refractivity contribution >= 4 is 0 Å². The monoisotopic (exact) mass is 268 g/mol. The van der Waals surface area contributed by atoms with Gasteiger partial charge in [-0.2, -0.15) is 0 Å². The van der Waals surface area contributed by atoms with Crippen molar-refractivity contribution in [3.8, 4) is 0 Å². The summed E-state index contributed by atoms with van der Waals surface area (Å²) in [6, 6.07) is 0.883. The van der Waals surface area contributed by atoms with Crippen LogP contribution in [0.2, 0.25) is 0 Å². The smallest absolute Gasteiger partial charge is 0.0491 e. The molecule has 0 amide bonds. The largest absolute Gasteiger partial charge is 0.384 e. The van der Waals surface area contributed by atoms with Crippen LogP contribution in [0.25, 0.3) is 0 Å². The number of methoxy groups -OCH3 is 1. The molecule has 0 aromatic heterocycles. The zero-order valence-electron chi connectivity index (χ0n) is 12.7. The topological polar surface area (TPSA) is 24.5 Å². The molecule has 2 fully saturated rings. The molecule has 0 atom stereocenters. The van der Waals surface area contributed by atoms with E-state index in [4.69, 9.17) is 4.74 Å². The van der Waals surface area contributed by atoms with Gasteiger partial charge in [-0.25, -0.2) is 0 Å². The number of hydrogen-bond acceptors (Lipinski definition) is 3. The molecule has 1 saturated carbocycles. The fraction of sp³-hybridized carbons (Fsp3) is 1.00. The van der Waals surface area contributed by atoms with Gasteiger partial charge in [-0.05, 0) is 70.6 Å². The van der Waals surface area contributed by atoms with E-state index in [1.54, 1.807) is 0 Å². The highest BCUT2D eigenvalue weighted by Crippen LogP contribution is 2.19. The van der Waals surface area contributed by atoms with E-state index in [1.165, 1.54) is 77.5 Å². The fourth-order valence-corrected chi connectivity index (χ4v) is 3.02. The van der Waals surface area contributed by atoms with Gasteiger partial charge in [0.2, 0.25) is 0 Å². The lowest BCUT2D eigenvalue weighted by molar-refractivity contribution is 0.0988. The molecule has 0 spiro atoms. The number of likely N-dealkylation sites (tertiary alicyclic amines) is 1. The zero-order chi connectivity index (χ0) is 13.3. The average Bonchev–Trinajstić information content (AvgIpc) is 3.24. The van der Waals surface area contributed by atoms with E-state index >= 15 is 0 Å². The molecule has 1 heterocycles. The van der Waals surface area contributed by atoms with E-state index in [0.29, 0.717) is 0 Å². The first-order valence-corrected chi connectivity index (χ1v) is 8.33. The Kier molecular flexibility index (Phi) is 7.18. The standard InChI is InChI=1S/C16H32N2O/c1-19-14-15-8-12-18(13-9-15)11-5-3-2-4-10-17-16-6-7-16/h15-17H,2-14H2,1H3. The Morgan fingerprint density at radius 3 is 2.42 bits per heavy atom. The van der Waals surface area contributed by atoms with Gasteiger partial charge in [0.25, 0.3) is 0 Å². The SMILES string of the molecule is COCC1CCN(CCCCCCNC2CC2)CC1. The number of nitrogens with one attached hydrogen (secondary N) is 1. The third-order valence-electron chi connectivity index (χ3n) is 4.52. The number of rotatable bonds is 10. The van der Waals surface area contributed by atoms with E-state index in [-0.39, 0.29) is 0 Å². The summed E-state index contributed by atoms with van der Waals surface area (Å²) in [5, 5.41) is 3.59. The number of unbranched alkanes of at least 4 members (excludes halogenated alkanes) is 3. The summed E-state index contributed by atoms with van der Waals surface area (Å²) in [6.45, 7) is 6.10. The van der Waals surface area contributed by atoms with Crippen LogP contribution in [-0.4, -0.2) is 50.8 Å². The van der Waals surface area contributed by atoms with Crippen molar-refractivity contribution in [2.24, 2.45) is 5.92 Å². The molecule has 2 rings (SSSR count). The van der Waals surface area contributed by atoms with Crippen LogP contribution in [0.5, 0.6) is 0 Å². The van der Waals surface area contributed by atoms with Gasteiger partial charge in [0.1, 0.15) is 0 Å². The second-order valence-corrected chi connectivity index (χ2v) is 6.38. The molecule has 112 valence electrons.